The van der Waals surface area contributed by atoms with Crippen LogP contribution in [0.25, 0.3) is 0 Å². The van der Waals surface area contributed by atoms with Crippen molar-refractivity contribution < 1.29 is 24.2 Å². The molecule has 0 heterocycles. The standard InChI is InChI=1S/C11H20N2O5/c1-4-6-13(7-9(14)18-3)11(17)12-8(5-2)10(15)16/h8H,4-7H2,1-3H3,(H,12,17)(H,15,16)/t8-/m0/s1. The summed E-state index contributed by atoms with van der Waals surface area (Å²) in [5, 5.41) is 11.2. The predicted molar refractivity (Wildman–Crippen MR) is 64.1 cm³/mol. The number of urea groups is 1. The molecule has 1 atom stereocenters. The van der Waals surface area contributed by atoms with Crippen molar-refractivity contribution in [3.8, 4) is 0 Å². The highest BCUT2D eigenvalue weighted by Gasteiger charge is 2.22. The van der Waals surface area contributed by atoms with E-state index in [1.165, 1.54) is 12.0 Å². The van der Waals surface area contributed by atoms with Crippen molar-refractivity contribution in [3.63, 3.8) is 0 Å². The zero-order valence-electron chi connectivity index (χ0n) is 10.9. The van der Waals surface area contributed by atoms with Gasteiger partial charge in [0.1, 0.15) is 12.6 Å². The van der Waals surface area contributed by atoms with Crippen molar-refractivity contribution in [2.45, 2.75) is 32.7 Å². The third-order valence-corrected chi connectivity index (χ3v) is 2.33. The van der Waals surface area contributed by atoms with E-state index in [-0.39, 0.29) is 13.0 Å². The van der Waals surface area contributed by atoms with Crippen molar-refractivity contribution in [2.24, 2.45) is 0 Å². The summed E-state index contributed by atoms with van der Waals surface area (Å²) in [4.78, 5) is 35.0. The maximum atomic E-state index is 11.8. The van der Waals surface area contributed by atoms with Gasteiger partial charge in [-0.25, -0.2) is 9.59 Å². The first-order chi connectivity index (χ1) is 8.46. The van der Waals surface area contributed by atoms with Crippen LogP contribution in [0.1, 0.15) is 26.7 Å². The molecule has 18 heavy (non-hydrogen) atoms. The third kappa shape index (κ3) is 5.51. The molecule has 0 aromatic heterocycles. The number of aliphatic carboxylic acids is 1. The third-order valence-electron chi connectivity index (χ3n) is 2.33. The summed E-state index contributed by atoms with van der Waals surface area (Å²) in [5.74, 6) is -1.64. The minimum Gasteiger partial charge on any atom is -0.480 e. The van der Waals surface area contributed by atoms with Crippen molar-refractivity contribution in [1.29, 1.82) is 0 Å². The van der Waals surface area contributed by atoms with Crippen LogP contribution in [0.3, 0.4) is 0 Å². The van der Waals surface area contributed by atoms with Gasteiger partial charge in [0, 0.05) is 6.54 Å². The van der Waals surface area contributed by atoms with Gasteiger partial charge in [0.2, 0.25) is 0 Å². The van der Waals surface area contributed by atoms with Crippen molar-refractivity contribution in [2.75, 3.05) is 20.2 Å². The summed E-state index contributed by atoms with van der Waals surface area (Å²) in [6, 6.07) is -1.52. The zero-order chi connectivity index (χ0) is 14.1. The van der Waals surface area contributed by atoms with Gasteiger partial charge in [0.15, 0.2) is 0 Å². The van der Waals surface area contributed by atoms with Gasteiger partial charge >= 0.3 is 18.0 Å². The van der Waals surface area contributed by atoms with E-state index < -0.39 is 24.0 Å². The molecule has 0 saturated heterocycles. The molecule has 0 saturated carbocycles. The number of esters is 1. The average molecular weight is 260 g/mol. The Balaban J connectivity index is 4.55. The number of carboxylic acids is 1. The average Bonchev–Trinajstić information content (AvgIpc) is 2.34. The van der Waals surface area contributed by atoms with E-state index >= 15 is 0 Å². The molecule has 0 fully saturated rings. The van der Waals surface area contributed by atoms with Gasteiger partial charge in [-0.15, -0.1) is 0 Å². The van der Waals surface area contributed by atoms with Gasteiger partial charge < -0.3 is 20.1 Å². The quantitative estimate of drug-likeness (QED) is 0.648. The van der Waals surface area contributed by atoms with Crippen LogP contribution in [-0.2, 0) is 14.3 Å². The first-order valence-electron chi connectivity index (χ1n) is 5.81. The minimum atomic E-state index is -1.10. The first-order valence-corrected chi connectivity index (χ1v) is 5.81. The molecule has 0 unspecified atom stereocenters. The van der Waals surface area contributed by atoms with Crippen LogP contribution in [0, 0.1) is 0 Å². The number of nitrogens with one attached hydrogen (secondary N) is 1. The van der Waals surface area contributed by atoms with E-state index in [1.807, 2.05) is 6.92 Å². The van der Waals surface area contributed by atoms with E-state index in [9.17, 15) is 14.4 Å². The summed E-state index contributed by atoms with van der Waals surface area (Å²) in [6.45, 7) is 3.68. The summed E-state index contributed by atoms with van der Waals surface area (Å²) in [7, 11) is 1.23. The molecule has 0 spiro atoms. The SMILES string of the molecule is CCCN(CC(=O)OC)C(=O)N[C@@H](CC)C(=O)O. The molecular formula is C11H20N2O5. The number of carboxylic acid groups (broad SMARTS) is 1. The number of amides is 2. The van der Waals surface area contributed by atoms with Crippen LogP contribution in [0.5, 0.6) is 0 Å². The lowest BCUT2D eigenvalue weighted by molar-refractivity contribution is -0.141. The van der Waals surface area contributed by atoms with E-state index in [0.717, 1.165) is 0 Å². The van der Waals surface area contributed by atoms with Crippen LogP contribution < -0.4 is 5.32 Å². The largest absolute Gasteiger partial charge is 0.480 e. The Morgan fingerprint density at radius 1 is 1.33 bits per heavy atom. The lowest BCUT2D eigenvalue weighted by Crippen LogP contribution is -2.49. The molecule has 0 aromatic rings. The number of nitrogens with zero attached hydrogens (tertiary/aromatic N) is 1. The molecule has 0 radical (unpaired) electrons. The Labute approximate surface area is 106 Å². The van der Waals surface area contributed by atoms with Crippen molar-refractivity contribution in [3.05, 3.63) is 0 Å². The minimum absolute atomic E-state index is 0.188. The predicted octanol–water partition coefficient (Wildman–Crippen LogP) is 0.444. The van der Waals surface area contributed by atoms with Gasteiger partial charge in [0.25, 0.3) is 0 Å². The van der Waals surface area contributed by atoms with Crippen LogP contribution >= 0.6 is 0 Å². The highest BCUT2D eigenvalue weighted by Crippen LogP contribution is 1.98. The van der Waals surface area contributed by atoms with Gasteiger partial charge in [-0.05, 0) is 12.8 Å². The number of rotatable bonds is 7. The number of hydrogen-bond donors (Lipinski definition) is 2. The second-order valence-electron chi connectivity index (χ2n) is 3.75. The van der Waals surface area contributed by atoms with Gasteiger partial charge in [0.05, 0.1) is 7.11 Å². The van der Waals surface area contributed by atoms with E-state index in [4.69, 9.17) is 5.11 Å². The number of carbonyl (C=O) groups excluding carboxylic acids is 2. The molecule has 0 aliphatic carbocycles. The summed E-state index contributed by atoms with van der Waals surface area (Å²) < 4.78 is 4.48. The van der Waals surface area contributed by atoms with Gasteiger partial charge in [-0.3, -0.25) is 4.79 Å². The lowest BCUT2D eigenvalue weighted by Gasteiger charge is -2.23. The Morgan fingerprint density at radius 2 is 1.94 bits per heavy atom. The summed E-state index contributed by atoms with van der Waals surface area (Å²) in [6.07, 6.45) is 0.938. The maximum absolute atomic E-state index is 11.8. The van der Waals surface area contributed by atoms with Crippen molar-refractivity contribution >= 4 is 18.0 Å². The van der Waals surface area contributed by atoms with E-state index in [2.05, 4.69) is 10.1 Å². The van der Waals surface area contributed by atoms with Gasteiger partial charge in [-0.2, -0.15) is 0 Å². The molecule has 0 aromatic carbocycles. The summed E-state index contributed by atoms with van der Waals surface area (Å²) >= 11 is 0. The van der Waals surface area contributed by atoms with Crippen LogP contribution in [0.15, 0.2) is 0 Å². The Bertz CT molecular complexity index is 306. The molecule has 7 heteroatoms. The fourth-order valence-corrected chi connectivity index (χ4v) is 1.32. The maximum Gasteiger partial charge on any atom is 0.326 e. The number of hydrogen-bond acceptors (Lipinski definition) is 4. The van der Waals surface area contributed by atoms with Crippen LogP contribution in [0.2, 0.25) is 0 Å². The highest BCUT2D eigenvalue weighted by molar-refractivity contribution is 5.85. The normalized spacial score (nSPS) is 11.5. The molecule has 0 rings (SSSR count). The zero-order valence-corrected chi connectivity index (χ0v) is 10.9. The fourth-order valence-electron chi connectivity index (χ4n) is 1.32. The molecule has 104 valence electrons. The highest BCUT2D eigenvalue weighted by atomic mass is 16.5. The molecule has 2 amide bonds. The Kier molecular flexibility index (Phi) is 7.50. The van der Waals surface area contributed by atoms with Crippen molar-refractivity contribution in [1.82, 2.24) is 10.2 Å². The second kappa shape index (κ2) is 8.32. The Morgan fingerprint density at radius 3 is 2.33 bits per heavy atom. The molecular weight excluding hydrogens is 240 g/mol. The molecule has 0 aliphatic heterocycles. The number of methoxy groups -OCH3 is 1. The number of ether oxygens (including phenoxy) is 1. The fraction of sp³-hybridized carbons (Fsp3) is 0.727. The summed E-state index contributed by atoms with van der Waals surface area (Å²) in [5.41, 5.74) is 0. The van der Waals surface area contributed by atoms with E-state index in [1.54, 1.807) is 6.92 Å². The smallest absolute Gasteiger partial charge is 0.326 e. The lowest BCUT2D eigenvalue weighted by atomic mass is 10.2. The van der Waals surface area contributed by atoms with Crippen LogP contribution in [-0.4, -0.2) is 54.2 Å². The molecule has 0 aliphatic rings. The molecule has 2 N–H and O–H groups in total. The Hall–Kier alpha value is -1.79. The van der Waals surface area contributed by atoms with Gasteiger partial charge in [-0.1, -0.05) is 13.8 Å². The number of carbonyl (C=O) groups is 3. The second-order valence-corrected chi connectivity index (χ2v) is 3.75. The molecule has 0 bridgehead atoms. The monoisotopic (exact) mass is 260 g/mol. The van der Waals surface area contributed by atoms with Crippen LogP contribution in [0.4, 0.5) is 4.79 Å². The van der Waals surface area contributed by atoms with E-state index in [0.29, 0.717) is 13.0 Å². The molecule has 7 nitrogen and oxygen atoms in total. The topological polar surface area (TPSA) is 95.9 Å². The first kappa shape index (κ1) is 16.2.